The number of hydrogen-bond acceptors (Lipinski definition) is 12. The van der Waals surface area contributed by atoms with Crippen molar-refractivity contribution < 1.29 is 40.1 Å². The number of aliphatic hydroxyl groups is 6. The minimum atomic E-state index is -1.33. The lowest BCUT2D eigenvalue weighted by Crippen LogP contribution is -2.34. The zero-order valence-electron chi connectivity index (χ0n) is 17.3. The molecule has 2 aromatic rings. The van der Waals surface area contributed by atoms with Crippen molar-refractivity contribution in [3.63, 3.8) is 0 Å². The lowest BCUT2D eigenvalue weighted by molar-refractivity contribution is -0.0232. The zero-order chi connectivity index (χ0) is 25.2. The second-order valence-electron chi connectivity index (χ2n) is 7.57. The highest BCUT2D eigenvalue weighted by Crippen LogP contribution is 2.32. The maximum atomic E-state index is 11.5. The number of aliphatic hydroxyl groups excluding tert-OH is 6. The highest BCUT2D eigenvalue weighted by molar-refractivity contribution is 5.14. The van der Waals surface area contributed by atoms with E-state index in [2.05, 4.69) is 9.97 Å². The zero-order valence-corrected chi connectivity index (χ0v) is 17.3. The van der Waals surface area contributed by atoms with Gasteiger partial charge in [-0.1, -0.05) is 0 Å². The van der Waals surface area contributed by atoms with Crippen LogP contribution in [0.4, 0.5) is 0 Å². The van der Waals surface area contributed by atoms with E-state index in [-0.39, 0.29) is 11.1 Å². The summed E-state index contributed by atoms with van der Waals surface area (Å²) in [6, 6.07) is 0. The fraction of sp³-hybridized carbons (Fsp3) is 0.556. The van der Waals surface area contributed by atoms with E-state index in [4.69, 9.17) is 19.7 Å². The third-order valence-corrected chi connectivity index (χ3v) is 5.39. The van der Waals surface area contributed by atoms with E-state index < -0.39 is 84.5 Å². The van der Waals surface area contributed by atoms with Crippen LogP contribution in [0.3, 0.4) is 0 Å². The van der Waals surface area contributed by atoms with Crippen molar-refractivity contribution in [2.75, 3.05) is 13.2 Å². The second kappa shape index (κ2) is 10.5. The lowest BCUT2D eigenvalue weighted by atomic mass is 10.0. The Morgan fingerprint density at radius 3 is 1.26 bits per heavy atom. The summed E-state index contributed by atoms with van der Waals surface area (Å²) < 4.78 is 10.3. The molecule has 8 atom stereocenters. The Balaban J connectivity index is 0.000000191. The quantitative estimate of drug-likeness (QED) is 0.193. The number of aromatic amines is 4. The molecule has 2 fully saturated rings. The average Bonchev–Trinajstić information content (AvgIpc) is 3.24. The molecule has 2 aromatic heterocycles. The Kier molecular flexibility index (Phi) is 7.95. The van der Waals surface area contributed by atoms with Crippen LogP contribution in [-0.2, 0) is 9.47 Å². The minimum absolute atomic E-state index is 0.00731. The molecule has 34 heavy (non-hydrogen) atoms. The molecule has 188 valence electrons. The van der Waals surface area contributed by atoms with Crippen LogP contribution in [0.1, 0.15) is 23.3 Å². The van der Waals surface area contributed by atoms with Crippen LogP contribution in [0.5, 0.6) is 0 Å². The molecule has 10 N–H and O–H groups in total. The van der Waals surface area contributed by atoms with Gasteiger partial charge in [-0.15, -0.1) is 0 Å². The monoisotopic (exact) mass is 488 g/mol. The average molecular weight is 488 g/mol. The van der Waals surface area contributed by atoms with Crippen molar-refractivity contribution in [3.05, 3.63) is 65.2 Å². The Morgan fingerprint density at radius 2 is 1.00 bits per heavy atom. The van der Waals surface area contributed by atoms with E-state index in [1.807, 2.05) is 9.97 Å². The number of nitrogens with one attached hydrogen (secondary N) is 4. The molecule has 2 aliphatic rings. The van der Waals surface area contributed by atoms with Gasteiger partial charge in [-0.2, -0.15) is 0 Å². The van der Waals surface area contributed by atoms with Gasteiger partial charge in [0.15, 0.2) is 0 Å². The van der Waals surface area contributed by atoms with Gasteiger partial charge in [-0.3, -0.25) is 19.6 Å². The normalized spacial score (nSPS) is 32.9. The maximum Gasteiger partial charge on any atom is 0.325 e. The highest BCUT2D eigenvalue weighted by Gasteiger charge is 2.45. The molecule has 4 heterocycles. The summed E-state index contributed by atoms with van der Waals surface area (Å²) >= 11 is 0. The molecular formula is C18H24N4O12. The van der Waals surface area contributed by atoms with E-state index in [1.54, 1.807) is 0 Å². The molecule has 2 saturated heterocycles. The van der Waals surface area contributed by atoms with Gasteiger partial charge < -0.3 is 50.1 Å². The molecule has 0 aromatic carbocycles. The first-order valence-electron chi connectivity index (χ1n) is 9.97. The number of ether oxygens (including phenoxy) is 2. The summed E-state index contributed by atoms with van der Waals surface area (Å²) in [7, 11) is 0. The molecule has 16 nitrogen and oxygen atoms in total. The Labute approximate surface area is 188 Å². The standard InChI is InChI=1S/2C9H12N2O6/c2*12-2-4-5(13)6(14)7(17-4)3-1-10-9(16)11-8(3)15/h2*1,4-7,12-14H,2H2,(H2,10,11,15,16)/t2*4-,5-,6-,7+/m11/s1. The molecule has 0 spiro atoms. The molecule has 0 bridgehead atoms. The molecule has 4 rings (SSSR count). The van der Waals surface area contributed by atoms with Crippen molar-refractivity contribution in [2.45, 2.75) is 48.8 Å². The number of aromatic nitrogens is 4. The van der Waals surface area contributed by atoms with Crippen molar-refractivity contribution in [3.8, 4) is 0 Å². The topological polar surface area (TPSA) is 271 Å². The SMILES string of the molecule is O=c1[nH]cc([C@@H]2O[C@H](CO)[C@@H](O)[C@H]2O)c(=O)[nH]1.O=c1[nH]cc([C@@H]2O[C@H](CO)[C@@H](O)[C@H]2O)c(=O)[nH]1. The largest absolute Gasteiger partial charge is 0.394 e. The van der Waals surface area contributed by atoms with Gasteiger partial charge in [0.05, 0.1) is 24.3 Å². The van der Waals surface area contributed by atoms with E-state index in [0.717, 1.165) is 12.4 Å². The predicted octanol–water partition coefficient (Wildman–Crippen LogP) is -5.57. The fourth-order valence-corrected chi connectivity index (χ4v) is 3.58. The van der Waals surface area contributed by atoms with Gasteiger partial charge in [0.1, 0.15) is 48.8 Å². The molecule has 0 amide bonds. The summed E-state index contributed by atoms with van der Waals surface area (Å²) in [5, 5.41) is 56.2. The predicted molar refractivity (Wildman–Crippen MR) is 109 cm³/mol. The van der Waals surface area contributed by atoms with Gasteiger partial charge in [-0.25, -0.2) is 9.59 Å². The molecular weight excluding hydrogens is 464 g/mol. The highest BCUT2D eigenvalue weighted by atomic mass is 16.6. The summed E-state index contributed by atoms with van der Waals surface area (Å²) in [5.74, 6) is 0. The van der Waals surface area contributed by atoms with Crippen LogP contribution >= 0.6 is 0 Å². The summed E-state index contributed by atoms with van der Waals surface area (Å²) in [6.07, 6.45) is -7.08. The Bertz CT molecular complexity index is 1110. The summed E-state index contributed by atoms with van der Waals surface area (Å²) in [4.78, 5) is 53.0. The smallest absolute Gasteiger partial charge is 0.325 e. The van der Waals surface area contributed by atoms with Crippen molar-refractivity contribution in [1.29, 1.82) is 0 Å². The molecule has 0 saturated carbocycles. The van der Waals surface area contributed by atoms with Crippen LogP contribution in [0.2, 0.25) is 0 Å². The first-order chi connectivity index (χ1) is 16.1. The molecule has 0 radical (unpaired) electrons. The first kappa shape index (κ1) is 25.7. The third kappa shape index (κ3) is 5.08. The number of hydrogen-bond donors (Lipinski definition) is 10. The molecule has 0 unspecified atom stereocenters. The van der Waals surface area contributed by atoms with Crippen LogP contribution in [0, 0.1) is 0 Å². The van der Waals surface area contributed by atoms with Gasteiger partial charge in [0, 0.05) is 12.4 Å². The van der Waals surface area contributed by atoms with Crippen LogP contribution in [0.15, 0.2) is 31.6 Å². The first-order valence-corrected chi connectivity index (χ1v) is 9.97. The van der Waals surface area contributed by atoms with E-state index in [0.29, 0.717) is 0 Å². The maximum absolute atomic E-state index is 11.5. The van der Waals surface area contributed by atoms with Gasteiger partial charge in [-0.05, 0) is 0 Å². The van der Waals surface area contributed by atoms with Gasteiger partial charge in [0.2, 0.25) is 0 Å². The third-order valence-electron chi connectivity index (χ3n) is 5.39. The minimum Gasteiger partial charge on any atom is -0.394 e. The molecule has 2 aliphatic heterocycles. The Hall–Kier alpha value is -2.96. The van der Waals surface area contributed by atoms with E-state index >= 15 is 0 Å². The van der Waals surface area contributed by atoms with Crippen LogP contribution < -0.4 is 22.5 Å². The molecule has 0 aliphatic carbocycles. The van der Waals surface area contributed by atoms with Crippen LogP contribution in [0.25, 0.3) is 0 Å². The van der Waals surface area contributed by atoms with Gasteiger partial charge >= 0.3 is 11.4 Å². The van der Waals surface area contributed by atoms with E-state index in [9.17, 15) is 39.6 Å². The summed E-state index contributed by atoms with van der Waals surface area (Å²) in [6.45, 7) is -0.952. The molecule has 16 heteroatoms. The fourth-order valence-electron chi connectivity index (χ4n) is 3.58. The number of rotatable bonds is 4. The van der Waals surface area contributed by atoms with Crippen LogP contribution in [-0.4, -0.2) is 100 Å². The van der Waals surface area contributed by atoms with Gasteiger partial charge in [0.25, 0.3) is 11.1 Å². The van der Waals surface area contributed by atoms with E-state index in [1.165, 1.54) is 0 Å². The number of H-pyrrole nitrogens is 4. The lowest BCUT2D eigenvalue weighted by Gasteiger charge is -2.13. The van der Waals surface area contributed by atoms with Crippen molar-refractivity contribution >= 4 is 0 Å². The summed E-state index contributed by atoms with van der Waals surface area (Å²) in [5.41, 5.74) is -2.78. The van der Waals surface area contributed by atoms with Crippen molar-refractivity contribution in [1.82, 2.24) is 19.9 Å². The Morgan fingerprint density at radius 1 is 0.647 bits per heavy atom. The van der Waals surface area contributed by atoms with Crippen molar-refractivity contribution in [2.24, 2.45) is 0 Å². The second-order valence-corrected chi connectivity index (χ2v) is 7.57.